The summed E-state index contributed by atoms with van der Waals surface area (Å²) in [7, 11) is 3.40. The van der Waals surface area contributed by atoms with E-state index in [2.05, 4.69) is 18.2 Å². The van der Waals surface area contributed by atoms with Crippen LogP contribution >= 0.6 is 0 Å². The third kappa shape index (κ3) is 2.11. The predicted molar refractivity (Wildman–Crippen MR) is 65.3 cm³/mol. The number of allylic oxidation sites excluding steroid dienone is 3. The van der Waals surface area contributed by atoms with Crippen LogP contribution in [0, 0.1) is 0 Å². The van der Waals surface area contributed by atoms with Crippen molar-refractivity contribution in [3.05, 3.63) is 47.7 Å². The number of rotatable bonds is 3. The Morgan fingerprint density at radius 1 is 1.00 bits per heavy atom. The summed E-state index contributed by atoms with van der Waals surface area (Å²) in [5.41, 5.74) is 2.48. The Labute approximate surface area is 96.2 Å². The smallest absolute Gasteiger partial charge is 0.122 e. The molecule has 16 heavy (non-hydrogen) atoms. The summed E-state index contributed by atoms with van der Waals surface area (Å²) in [6.07, 6.45) is 6.30. The third-order valence-electron chi connectivity index (χ3n) is 2.79. The molecule has 1 aromatic rings. The molecule has 0 amide bonds. The topological polar surface area (TPSA) is 18.5 Å². The zero-order chi connectivity index (χ0) is 11.4. The van der Waals surface area contributed by atoms with Crippen molar-refractivity contribution in [2.45, 2.75) is 12.8 Å². The van der Waals surface area contributed by atoms with Crippen LogP contribution in [0.4, 0.5) is 0 Å². The lowest BCUT2D eigenvalue weighted by atomic mass is 9.96. The second kappa shape index (κ2) is 4.88. The van der Waals surface area contributed by atoms with Crippen molar-refractivity contribution in [2.24, 2.45) is 0 Å². The van der Waals surface area contributed by atoms with E-state index in [1.54, 1.807) is 14.2 Å². The van der Waals surface area contributed by atoms with Crippen LogP contribution in [0.1, 0.15) is 18.4 Å². The molecule has 0 saturated carbocycles. The maximum absolute atomic E-state index is 5.38. The van der Waals surface area contributed by atoms with E-state index in [9.17, 15) is 0 Å². The quantitative estimate of drug-likeness (QED) is 0.771. The normalized spacial score (nSPS) is 15.1. The van der Waals surface area contributed by atoms with E-state index >= 15 is 0 Å². The molecule has 0 radical (unpaired) electrons. The first-order chi connectivity index (χ1) is 7.85. The molecule has 0 unspecified atom stereocenters. The third-order valence-corrected chi connectivity index (χ3v) is 2.79. The van der Waals surface area contributed by atoms with Gasteiger partial charge in [-0.1, -0.05) is 18.2 Å². The van der Waals surface area contributed by atoms with Gasteiger partial charge in [0.1, 0.15) is 11.5 Å². The second-order valence-corrected chi connectivity index (χ2v) is 3.72. The highest BCUT2D eigenvalue weighted by atomic mass is 16.5. The highest BCUT2D eigenvalue weighted by Gasteiger charge is 2.10. The van der Waals surface area contributed by atoms with Gasteiger partial charge in [-0.15, -0.1) is 0 Å². The number of methoxy groups -OCH3 is 2. The molecular weight excluding hydrogens is 200 g/mol. The van der Waals surface area contributed by atoms with Gasteiger partial charge in [-0.3, -0.25) is 0 Å². The fourth-order valence-corrected chi connectivity index (χ4v) is 1.91. The Morgan fingerprint density at radius 2 is 1.75 bits per heavy atom. The molecular formula is C14H16O2. The van der Waals surface area contributed by atoms with Crippen molar-refractivity contribution >= 4 is 5.57 Å². The fraction of sp³-hybridized carbons (Fsp3) is 0.286. The molecule has 2 heteroatoms. The minimum Gasteiger partial charge on any atom is -0.497 e. The van der Waals surface area contributed by atoms with Crippen LogP contribution in [0.3, 0.4) is 0 Å². The van der Waals surface area contributed by atoms with Crippen molar-refractivity contribution in [3.8, 4) is 5.75 Å². The fourth-order valence-electron chi connectivity index (χ4n) is 1.91. The standard InChI is InChI=1S/C14H16O2/c1-15-12-9-7-11(8-10-12)13-5-3-4-6-14(13)16-2/h4,6-10H,3,5H2,1-2H3. The molecule has 0 aliphatic heterocycles. The van der Waals surface area contributed by atoms with E-state index in [1.807, 2.05) is 18.2 Å². The van der Waals surface area contributed by atoms with Crippen LogP contribution in [0.25, 0.3) is 5.57 Å². The van der Waals surface area contributed by atoms with Crippen molar-refractivity contribution in [1.29, 1.82) is 0 Å². The first-order valence-electron chi connectivity index (χ1n) is 5.43. The lowest BCUT2D eigenvalue weighted by Crippen LogP contribution is -1.96. The number of hydrogen-bond donors (Lipinski definition) is 0. The zero-order valence-corrected chi connectivity index (χ0v) is 9.69. The van der Waals surface area contributed by atoms with Gasteiger partial charge in [0.25, 0.3) is 0 Å². The van der Waals surface area contributed by atoms with E-state index in [4.69, 9.17) is 9.47 Å². The van der Waals surface area contributed by atoms with Gasteiger partial charge in [0, 0.05) is 5.57 Å². The Balaban J connectivity index is 2.34. The summed E-state index contributed by atoms with van der Waals surface area (Å²) in [6, 6.07) is 8.11. The van der Waals surface area contributed by atoms with Crippen LogP contribution in [0.2, 0.25) is 0 Å². The molecule has 0 atom stereocenters. The van der Waals surface area contributed by atoms with Crippen molar-refractivity contribution in [1.82, 2.24) is 0 Å². The Hall–Kier alpha value is -1.70. The van der Waals surface area contributed by atoms with Gasteiger partial charge in [0.2, 0.25) is 0 Å². The van der Waals surface area contributed by atoms with Crippen molar-refractivity contribution < 1.29 is 9.47 Å². The molecule has 0 saturated heterocycles. The molecule has 0 spiro atoms. The summed E-state index contributed by atoms with van der Waals surface area (Å²) in [4.78, 5) is 0. The predicted octanol–water partition coefficient (Wildman–Crippen LogP) is 3.40. The van der Waals surface area contributed by atoms with E-state index < -0.39 is 0 Å². The van der Waals surface area contributed by atoms with Crippen molar-refractivity contribution in [3.63, 3.8) is 0 Å². The van der Waals surface area contributed by atoms with E-state index in [1.165, 1.54) is 11.1 Å². The van der Waals surface area contributed by atoms with Crippen LogP contribution in [0.5, 0.6) is 5.75 Å². The largest absolute Gasteiger partial charge is 0.497 e. The molecule has 0 heterocycles. The molecule has 1 aliphatic rings. The zero-order valence-electron chi connectivity index (χ0n) is 9.69. The Morgan fingerprint density at radius 3 is 2.38 bits per heavy atom. The van der Waals surface area contributed by atoms with Gasteiger partial charge >= 0.3 is 0 Å². The summed E-state index contributed by atoms with van der Waals surface area (Å²) in [5.74, 6) is 1.85. The first-order valence-corrected chi connectivity index (χ1v) is 5.43. The average molecular weight is 216 g/mol. The molecule has 84 valence electrons. The highest BCUT2D eigenvalue weighted by Crippen LogP contribution is 2.29. The molecule has 1 aliphatic carbocycles. The average Bonchev–Trinajstić information content (AvgIpc) is 2.39. The molecule has 1 aromatic carbocycles. The Kier molecular flexibility index (Phi) is 3.30. The van der Waals surface area contributed by atoms with Gasteiger partial charge in [-0.05, 0) is 36.6 Å². The van der Waals surface area contributed by atoms with Crippen LogP contribution in [-0.2, 0) is 4.74 Å². The van der Waals surface area contributed by atoms with Gasteiger partial charge in [-0.2, -0.15) is 0 Å². The molecule has 0 fully saturated rings. The molecule has 0 N–H and O–H groups in total. The molecule has 0 aromatic heterocycles. The molecule has 2 nitrogen and oxygen atoms in total. The number of ether oxygens (including phenoxy) is 2. The second-order valence-electron chi connectivity index (χ2n) is 3.72. The lowest BCUT2D eigenvalue weighted by Gasteiger charge is -2.15. The minimum absolute atomic E-state index is 0.884. The lowest BCUT2D eigenvalue weighted by molar-refractivity contribution is 0.306. The monoisotopic (exact) mass is 216 g/mol. The number of hydrogen-bond acceptors (Lipinski definition) is 2. The van der Waals surface area contributed by atoms with E-state index in [-0.39, 0.29) is 0 Å². The maximum atomic E-state index is 5.38. The summed E-state index contributed by atoms with van der Waals surface area (Å²) in [6.45, 7) is 0. The first kappa shape index (κ1) is 10.8. The summed E-state index contributed by atoms with van der Waals surface area (Å²) in [5, 5.41) is 0. The summed E-state index contributed by atoms with van der Waals surface area (Å²) >= 11 is 0. The number of benzene rings is 1. The van der Waals surface area contributed by atoms with Gasteiger partial charge in [-0.25, -0.2) is 0 Å². The molecule has 0 bridgehead atoms. The molecule has 2 rings (SSSR count). The van der Waals surface area contributed by atoms with Gasteiger partial charge in [0.05, 0.1) is 14.2 Å². The van der Waals surface area contributed by atoms with E-state index in [0.717, 1.165) is 24.4 Å². The van der Waals surface area contributed by atoms with Crippen LogP contribution < -0.4 is 4.74 Å². The van der Waals surface area contributed by atoms with Crippen LogP contribution in [0.15, 0.2) is 42.2 Å². The highest BCUT2D eigenvalue weighted by molar-refractivity contribution is 5.71. The van der Waals surface area contributed by atoms with Gasteiger partial charge in [0.15, 0.2) is 0 Å². The summed E-state index contributed by atoms with van der Waals surface area (Å²) < 4.78 is 10.5. The minimum atomic E-state index is 0.884. The van der Waals surface area contributed by atoms with Gasteiger partial charge < -0.3 is 9.47 Å². The van der Waals surface area contributed by atoms with Crippen molar-refractivity contribution in [2.75, 3.05) is 14.2 Å². The van der Waals surface area contributed by atoms with E-state index in [0.29, 0.717) is 0 Å². The van der Waals surface area contributed by atoms with Crippen LogP contribution in [-0.4, -0.2) is 14.2 Å². The SMILES string of the molecule is COC1=C(c2ccc(OC)cc2)CCC=C1. The Bertz CT molecular complexity index is 413. The maximum Gasteiger partial charge on any atom is 0.122 e.